The number of carbonyl (C=O) groups excluding carboxylic acids is 1. The fraction of sp³-hybridized carbons (Fsp3) is 0.632. The number of hydrogen-bond acceptors (Lipinski definition) is 5. The first-order valence-corrected chi connectivity index (χ1v) is 10.8. The summed E-state index contributed by atoms with van der Waals surface area (Å²) in [6.07, 6.45) is -0.562. The first-order valence-electron chi connectivity index (χ1n) is 9.33. The Kier molecular flexibility index (Phi) is 7.79. The lowest BCUT2D eigenvalue weighted by atomic mass is 10.2. The number of carbonyl (C=O) groups is 1. The molecule has 7 nitrogen and oxygen atoms in total. The second-order valence-electron chi connectivity index (χ2n) is 6.71. The quantitative estimate of drug-likeness (QED) is 0.622. The predicted octanol–water partition coefficient (Wildman–Crippen LogP) is 1.58. The molecule has 0 radical (unpaired) electrons. The van der Waals surface area contributed by atoms with Crippen molar-refractivity contribution in [3.05, 3.63) is 29.3 Å². The van der Waals surface area contributed by atoms with Crippen LogP contribution < -0.4 is 0 Å². The lowest BCUT2D eigenvalue weighted by Gasteiger charge is -2.35. The first kappa shape index (κ1) is 21.8. The zero-order valence-corrected chi connectivity index (χ0v) is 17.4. The van der Waals surface area contributed by atoms with Crippen molar-refractivity contribution in [2.45, 2.75) is 38.7 Å². The third-order valence-electron chi connectivity index (χ3n) is 4.66. The van der Waals surface area contributed by atoms with Gasteiger partial charge in [0.15, 0.2) is 0 Å². The van der Waals surface area contributed by atoms with Crippen LogP contribution in [0.3, 0.4) is 0 Å². The third kappa shape index (κ3) is 5.51. The summed E-state index contributed by atoms with van der Waals surface area (Å²) in [5.41, 5.74) is 1.64. The Morgan fingerprint density at radius 1 is 1.15 bits per heavy atom. The molecule has 1 fully saturated rings. The Hall–Kier alpha value is -1.48. The number of rotatable bonds is 8. The van der Waals surface area contributed by atoms with Gasteiger partial charge in [-0.05, 0) is 44.9 Å². The van der Waals surface area contributed by atoms with Crippen LogP contribution in [-0.2, 0) is 24.3 Å². The fourth-order valence-electron chi connectivity index (χ4n) is 3.03. The Morgan fingerprint density at radius 2 is 1.81 bits per heavy atom. The fourth-order valence-corrected chi connectivity index (χ4v) is 4.76. The minimum absolute atomic E-state index is 0.115. The van der Waals surface area contributed by atoms with Crippen molar-refractivity contribution in [1.82, 2.24) is 9.21 Å². The molecule has 1 saturated heterocycles. The molecule has 0 spiro atoms. The zero-order valence-electron chi connectivity index (χ0n) is 16.6. The molecule has 0 aromatic heterocycles. The van der Waals surface area contributed by atoms with Crippen molar-refractivity contribution in [3.8, 4) is 0 Å². The van der Waals surface area contributed by atoms with Crippen LogP contribution in [0, 0.1) is 13.8 Å². The van der Waals surface area contributed by atoms with Gasteiger partial charge in [-0.3, -0.25) is 4.79 Å². The van der Waals surface area contributed by atoms with Crippen LogP contribution in [0.2, 0.25) is 0 Å². The summed E-state index contributed by atoms with van der Waals surface area (Å²) in [5.74, 6) is -0.115. The maximum Gasteiger partial charge on any atom is 0.251 e. The van der Waals surface area contributed by atoms with E-state index >= 15 is 0 Å². The number of hydrogen-bond donors (Lipinski definition) is 0. The van der Waals surface area contributed by atoms with Gasteiger partial charge < -0.3 is 14.4 Å². The van der Waals surface area contributed by atoms with Crippen molar-refractivity contribution in [2.75, 3.05) is 46.0 Å². The smallest absolute Gasteiger partial charge is 0.251 e. The summed E-state index contributed by atoms with van der Waals surface area (Å²) in [6, 6.07) is 5.43. The van der Waals surface area contributed by atoms with Crippen LogP contribution in [0.15, 0.2) is 23.1 Å². The summed E-state index contributed by atoms with van der Waals surface area (Å²) in [6.45, 7) is 10.0. The molecule has 0 bridgehead atoms. The van der Waals surface area contributed by atoms with Gasteiger partial charge in [-0.15, -0.1) is 0 Å². The second-order valence-corrected chi connectivity index (χ2v) is 8.61. The number of amides is 1. The molecule has 1 atom stereocenters. The van der Waals surface area contributed by atoms with E-state index in [1.54, 1.807) is 24.8 Å². The Morgan fingerprint density at radius 3 is 2.44 bits per heavy atom. The lowest BCUT2D eigenvalue weighted by molar-refractivity contribution is -0.144. The van der Waals surface area contributed by atoms with Crippen molar-refractivity contribution in [1.29, 1.82) is 0 Å². The van der Waals surface area contributed by atoms with Crippen LogP contribution in [0.5, 0.6) is 0 Å². The first-order chi connectivity index (χ1) is 12.8. The van der Waals surface area contributed by atoms with Crippen LogP contribution in [0.4, 0.5) is 0 Å². The summed E-state index contributed by atoms with van der Waals surface area (Å²) < 4.78 is 38.1. The third-order valence-corrected chi connectivity index (χ3v) is 6.70. The van der Waals surface area contributed by atoms with Gasteiger partial charge >= 0.3 is 0 Å². The minimum Gasteiger partial charge on any atom is -0.379 e. The molecule has 0 saturated carbocycles. The monoisotopic (exact) mass is 398 g/mol. The topological polar surface area (TPSA) is 76.2 Å². The molecule has 1 aromatic carbocycles. The summed E-state index contributed by atoms with van der Waals surface area (Å²) in [4.78, 5) is 14.5. The Labute approximate surface area is 162 Å². The number of nitrogens with zero attached hydrogens (tertiary/aromatic N) is 2. The number of ether oxygens (including phenoxy) is 2. The molecule has 1 aromatic rings. The van der Waals surface area contributed by atoms with Crippen molar-refractivity contribution in [3.63, 3.8) is 0 Å². The number of piperazine rings is 1. The molecule has 1 aliphatic rings. The molecule has 8 heteroatoms. The van der Waals surface area contributed by atoms with Gasteiger partial charge in [0.2, 0.25) is 10.0 Å². The molecule has 0 N–H and O–H groups in total. The highest BCUT2D eigenvalue weighted by Crippen LogP contribution is 2.22. The Bertz CT molecular complexity index is 742. The van der Waals surface area contributed by atoms with Gasteiger partial charge in [0.25, 0.3) is 5.91 Å². The van der Waals surface area contributed by atoms with Crippen molar-refractivity contribution in [2.24, 2.45) is 0 Å². The minimum atomic E-state index is -3.56. The normalized spacial score (nSPS) is 17.1. The highest BCUT2D eigenvalue weighted by Gasteiger charge is 2.32. The van der Waals surface area contributed by atoms with Gasteiger partial charge in [-0.1, -0.05) is 12.1 Å². The van der Waals surface area contributed by atoms with E-state index in [4.69, 9.17) is 9.47 Å². The number of sulfonamides is 1. The summed E-state index contributed by atoms with van der Waals surface area (Å²) in [5, 5.41) is 0. The van der Waals surface area contributed by atoms with E-state index in [1.807, 2.05) is 26.0 Å². The second kappa shape index (κ2) is 9.64. The van der Waals surface area contributed by atoms with Crippen LogP contribution in [0.1, 0.15) is 25.0 Å². The maximum atomic E-state index is 13.0. The van der Waals surface area contributed by atoms with Gasteiger partial charge in [-0.2, -0.15) is 4.31 Å². The molecular weight excluding hydrogens is 368 g/mol. The summed E-state index contributed by atoms with van der Waals surface area (Å²) in [7, 11) is -3.56. The van der Waals surface area contributed by atoms with E-state index in [2.05, 4.69) is 0 Å². The molecule has 27 heavy (non-hydrogen) atoms. The molecule has 1 unspecified atom stereocenters. The molecule has 1 amide bonds. The molecule has 0 aliphatic carbocycles. The van der Waals surface area contributed by atoms with Crippen LogP contribution >= 0.6 is 0 Å². The lowest BCUT2D eigenvalue weighted by Crippen LogP contribution is -2.52. The summed E-state index contributed by atoms with van der Waals surface area (Å²) >= 11 is 0. The van der Waals surface area contributed by atoms with Crippen LogP contribution in [-0.4, -0.2) is 75.6 Å². The van der Waals surface area contributed by atoms with Gasteiger partial charge in [0.1, 0.15) is 6.10 Å². The molecule has 1 aliphatic heterocycles. The predicted molar refractivity (Wildman–Crippen MR) is 103 cm³/mol. The van der Waals surface area contributed by atoms with Crippen molar-refractivity contribution >= 4 is 15.9 Å². The number of benzene rings is 1. The van der Waals surface area contributed by atoms with Crippen molar-refractivity contribution < 1.29 is 22.7 Å². The van der Waals surface area contributed by atoms with Gasteiger partial charge in [-0.25, -0.2) is 8.42 Å². The molecule has 152 valence electrons. The molecule has 2 rings (SSSR count). The van der Waals surface area contributed by atoms with Gasteiger partial charge in [0, 0.05) is 32.8 Å². The number of aryl methyl sites for hydroxylation is 2. The van der Waals surface area contributed by atoms with E-state index in [9.17, 15) is 13.2 Å². The average molecular weight is 399 g/mol. The largest absolute Gasteiger partial charge is 0.379 e. The standard InChI is InChI=1S/C19H30N2O5S/c1-5-25-12-13-26-17(4)19(22)20-8-10-21(11-9-20)27(23,24)18-14-15(2)6-7-16(18)3/h6-7,14,17H,5,8-13H2,1-4H3. The average Bonchev–Trinajstić information content (AvgIpc) is 2.66. The molecular formula is C19H30N2O5S. The Balaban J connectivity index is 1.94. The van der Waals surface area contributed by atoms with E-state index < -0.39 is 16.1 Å². The van der Waals surface area contributed by atoms with E-state index in [-0.39, 0.29) is 19.0 Å². The van der Waals surface area contributed by atoms with Gasteiger partial charge in [0.05, 0.1) is 18.1 Å². The SMILES string of the molecule is CCOCCOC(C)C(=O)N1CCN(S(=O)(=O)c2cc(C)ccc2C)CC1. The highest BCUT2D eigenvalue weighted by atomic mass is 32.2. The zero-order chi connectivity index (χ0) is 20.0. The van der Waals surface area contributed by atoms with Crippen LogP contribution in [0.25, 0.3) is 0 Å². The maximum absolute atomic E-state index is 13.0. The van der Waals surface area contributed by atoms with E-state index in [1.165, 1.54) is 4.31 Å². The molecule has 1 heterocycles. The van der Waals surface area contributed by atoms with E-state index in [0.717, 1.165) is 11.1 Å². The van der Waals surface area contributed by atoms with E-state index in [0.29, 0.717) is 37.8 Å². The highest BCUT2D eigenvalue weighted by molar-refractivity contribution is 7.89.